The van der Waals surface area contributed by atoms with Crippen molar-refractivity contribution in [3.05, 3.63) is 24.5 Å². The van der Waals surface area contributed by atoms with Gasteiger partial charge < -0.3 is 4.74 Å². The Bertz CT molecular complexity index is 275. The molecule has 1 saturated heterocycles. The van der Waals surface area contributed by atoms with Crippen LogP contribution in [0, 0.1) is 11.8 Å². The van der Waals surface area contributed by atoms with Gasteiger partial charge in [0.25, 0.3) is 0 Å². The summed E-state index contributed by atoms with van der Waals surface area (Å²) in [6.45, 7) is 3.98. The van der Waals surface area contributed by atoms with Crippen LogP contribution in [-0.4, -0.2) is 5.60 Å². The third-order valence-corrected chi connectivity index (χ3v) is 4.08. The molecule has 1 nitrogen and oxygen atoms in total. The molecule has 0 radical (unpaired) electrons. The highest BCUT2D eigenvalue weighted by molar-refractivity contribution is 5.17. The van der Waals surface area contributed by atoms with Gasteiger partial charge in [0.1, 0.15) is 5.60 Å². The summed E-state index contributed by atoms with van der Waals surface area (Å²) in [5, 5.41) is 0. The largest absolute Gasteiger partial charge is 0.491 e. The first-order valence-corrected chi connectivity index (χ1v) is 5.33. The summed E-state index contributed by atoms with van der Waals surface area (Å²) in [6, 6.07) is 0. The summed E-state index contributed by atoms with van der Waals surface area (Å²) in [6.07, 6.45) is 10.8. The minimum absolute atomic E-state index is 0.186. The van der Waals surface area contributed by atoms with Crippen molar-refractivity contribution in [1.29, 1.82) is 0 Å². The van der Waals surface area contributed by atoms with Crippen molar-refractivity contribution in [2.24, 2.45) is 11.8 Å². The quantitative estimate of drug-likeness (QED) is 0.515. The van der Waals surface area contributed by atoms with E-state index in [9.17, 15) is 0 Å². The second kappa shape index (κ2) is 2.40. The van der Waals surface area contributed by atoms with Crippen LogP contribution in [0.2, 0.25) is 0 Å². The normalized spacial score (nSPS) is 47.2. The Morgan fingerprint density at radius 2 is 2.15 bits per heavy atom. The Labute approximate surface area is 79.5 Å². The standard InChI is InChI=1S/C12H16O/c1-9-8-11-6-5-10-4-2-3-7-12(10,11)13-9/h2-3,10-11H,1,4-8H2/t10-,11-,12-/m0/s1. The number of ether oxygens (including phenoxy) is 1. The van der Waals surface area contributed by atoms with Gasteiger partial charge in [0, 0.05) is 24.7 Å². The zero-order chi connectivity index (χ0) is 8.89. The van der Waals surface area contributed by atoms with Crippen molar-refractivity contribution in [3.8, 4) is 0 Å². The van der Waals surface area contributed by atoms with Gasteiger partial charge in [0.05, 0.1) is 5.76 Å². The number of hydrogen-bond acceptors (Lipinski definition) is 1. The van der Waals surface area contributed by atoms with Gasteiger partial charge in [0.2, 0.25) is 0 Å². The maximum absolute atomic E-state index is 6.03. The first-order valence-electron chi connectivity index (χ1n) is 5.33. The van der Waals surface area contributed by atoms with Crippen LogP contribution < -0.4 is 0 Å². The van der Waals surface area contributed by atoms with E-state index in [0.29, 0.717) is 0 Å². The van der Waals surface area contributed by atoms with Gasteiger partial charge in [-0.15, -0.1) is 0 Å². The molecule has 0 amide bonds. The van der Waals surface area contributed by atoms with E-state index in [1.807, 2.05) is 0 Å². The Kier molecular flexibility index (Phi) is 1.42. The lowest BCUT2D eigenvalue weighted by Crippen LogP contribution is -2.38. The van der Waals surface area contributed by atoms with Gasteiger partial charge in [-0.1, -0.05) is 18.7 Å². The summed E-state index contributed by atoms with van der Waals surface area (Å²) < 4.78 is 6.03. The molecule has 1 spiro atoms. The average molecular weight is 176 g/mol. The Morgan fingerprint density at radius 3 is 3.08 bits per heavy atom. The second-order valence-electron chi connectivity index (χ2n) is 4.68. The van der Waals surface area contributed by atoms with E-state index in [-0.39, 0.29) is 5.60 Å². The van der Waals surface area contributed by atoms with E-state index in [2.05, 4.69) is 18.7 Å². The fourth-order valence-corrected chi connectivity index (χ4v) is 3.47. The molecule has 0 aromatic carbocycles. The zero-order valence-corrected chi connectivity index (χ0v) is 7.96. The van der Waals surface area contributed by atoms with E-state index in [4.69, 9.17) is 4.74 Å². The van der Waals surface area contributed by atoms with E-state index in [0.717, 1.165) is 30.4 Å². The van der Waals surface area contributed by atoms with Crippen molar-refractivity contribution in [2.45, 2.75) is 37.7 Å². The molecule has 3 rings (SSSR count). The van der Waals surface area contributed by atoms with E-state index in [1.54, 1.807) is 0 Å². The number of allylic oxidation sites excluding steroid dienone is 2. The van der Waals surface area contributed by atoms with Crippen LogP contribution in [0.4, 0.5) is 0 Å². The Hall–Kier alpha value is -0.720. The molecule has 13 heavy (non-hydrogen) atoms. The highest BCUT2D eigenvalue weighted by Gasteiger charge is 2.55. The molecule has 2 aliphatic carbocycles. The molecular formula is C12H16O. The lowest BCUT2D eigenvalue weighted by molar-refractivity contribution is -0.0179. The molecular weight excluding hydrogens is 160 g/mol. The van der Waals surface area contributed by atoms with Crippen molar-refractivity contribution in [3.63, 3.8) is 0 Å². The van der Waals surface area contributed by atoms with E-state index < -0.39 is 0 Å². The number of rotatable bonds is 0. The van der Waals surface area contributed by atoms with Crippen LogP contribution in [0.5, 0.6) is 0 Å². The minimum atomic E-state index is 0.186. The Morgan fingerprint density at radius 1 is 1.31 bits per heavy atom. The maximum Gasteiger partial charge on any atom is 0.118 e. The molecule has 70 valence electrons. The first-order chi connectivity index (χ1) is 6.31. The molecule has 2 fully saturated rings. The second-order valence-corrected chi connectivity index (χ2v) is 4.68. The predicted octanol–water partition coefficient (Wildman–Crippen LogP) is 3.04. The first kappa shape index (κ1) is 7.66. The van der Waals surface area contributed by atoms with E-state index >= 15 is 0 Å². The SMILES string of the molecule is C=C1C[C@@H]2CC[C@@H]3CC=CC[C@]32O1. The van der Waals surface area contributed by atoms with Crippen LogP contribution in [0.1, 0.15) is 32.1 Å². The monoisotopic (exact) mass is 176 g/mol. The smallest absolute Gasteiger partial charge is 0.118 e. The maximum atomic E-state index is 6.03. The highest BCUT2D eigenvalue weighted by atomic mass is 16.5. The topological polar surface area (TPSA) is 9.23 Å². The third-order valence-electron chi connectivity index (χ3n) is 4.08. The van der Waals surface area contributed by atoms with Crippen LogP contribution in [0.15, 0.2) is 24.5 Å². The minimum Gasteiger partial charge on any atom is -0.491 e. The van der Waals surface area contributed by atoms with Crippen molar-refractivity contribution < 1.29 is 4.74 Å². The predicted molar refractivity (Wildman–Crippen MR) is 52.2 cm³/mol. The van der Waals surface area contributed by atoms with Gasteiger partial charge >= 0.3 is 0 Å². The molecule has 1 heterocycles. The molecule has 0 N–H and O–H groups in total. The molecule has 1 aliphatic heterocycles. The third kappa shape index (κ3) is 0.877. The molecule has 0 aromatic heterocycles. The molecule has 0 unspecified atom stereocenters. The van der Waals surface area contributed by atoms with Gasteiger partial charge in [-0.05, 0) is 19.3 Å². The van der Waals surface area contributed by atoms with Crippen LogP contribution >= 0.6 is 0 Å². The summed E-state index contributed by atoms with van der Waals surface area (Å²) in [4.78, 5) is 0. The molecule has 1 saturated carbocycles. The molecule has 0 bridgehead atoms. The van der Waals surface area contributed by atoms with Crippen molar-refractivity contribution in [2.75, 3.05) is 0 Å². The number of hydrogen-bond donors (Lipinski definition) is 0. The fourth-order valence-electron chi connectivity index (χ4n) is 3.47. The molecule has 0 aromatic rings. The van der Waals surface area contributed by atoms with Gasteiger partial charge in [-0.3, -0.25) is 0 Å². The van der Waals surface area contributed by atoms with Gasteiger partial charge in [-0.2, -0.15) is 0 Å². The van der Waals surface area contributed by atoms with Gasteiger partial charge in [-0.25, -0.2) is 0 Å². The molecule has 1 heteroatoms. The summed E-state index contributed by atoms with van der Waals surface area (Å²) in [7, 11) is 0. The summed E-state index contributed by atoms with van der Waals surface area (Å²) in [5.41, 5.74) is 0.186. The summed E-state index contributed by atoms with van der Waals surface area (Å²) >= 11 is 0. The lowest BCUT2D eigenvalue weighted by atomic mass is 9.77. The van der Waals surface area contributed by atoms with Crippen molar-refractivity contribution in [1.82, 2.24) is 0 Å². The lowest BCUT2D eigenvalue weighted by Gasteiger charge is -2.36. The fraction of sp³-hybridized carbons (Fsp3) is 0.667. The molecule has 3 aliphatic rings. The van der Waals surface area contributed by atoms with Crippen LogP contribution in [-0.2, 0) is 4.74 Å². The molecule has 3 atom stereocenters. The summed E-state index contributed by atoms with van der Waals surface area (Å²) in [5.74, 6) is 2.58. The van der Waals surface area contributed by atoms with E-state index in [1.165, 1.54) is 19.3 Å². The average Bonchev–Trinajstić information content (AvgIpc) is 2.57. The van der Waals surface area contributed by atoms with Crippen LogP contribution in [0.3, 0.4) is 0 Å². The van der Waals surface area contributed by atoms with Crippen LogP contribution in [0.25, 0.3) is 0 Å². The Balaban J connectivity index is 1.99. The highest BCUT2D eigenvalue weighted by Crippen LogP contribution is 2.56. The zero-order valence-electron chi connectivity index (χ0n) is 7.96. The van der Waals surface area contributed by atoms with Gasteiger partial charge in [0.15, 0.2) is 0 Å². The van der Waals surface area contributed by atoms with Crippen molar-refractivity contribution >= 4 is 0 Å².